The fourth-order valence-corrected chi connectivity index (χ4v) is 6.04. The largest absolute Gasteiger partial charge is 0.465 e. The minimum Gasteiger partial charge on any atom is -0.465 e. The smallest absolute Gasteiger partial charge is 0.337 e. The van der Waals surface area contributed by atoms with Crippen LogP contribution in [-0.4, -0.2) is 82.2 Å². The van der Waals surface area contributed by atoms with Crippen LogP contribution in [0.25, 0.3) is 67.8 Å². The first-order chi connectivity index (χ1) is 28.2. The van der Waals surface area contributed by atoms with E-state index in [0.29, 0.717) is 67.8 Å². The van der Waals surface area contributed by atoms with Crippen molar-refractivity contribution in [2.45, 2.75) is 0 Å². The molecule has 0 radical (unpaired) electrons. The number of ether oxygens (including phenoxy) is 4. The molecule has 6 aromatic heterocycles. The highest BCUT2D eigenvalue weighted by Crippen LogP contribution is 2.34. The van der Waals surface area contributed by atoms with E-state index in [9.17, 15) is 19.2 Å². The third kappa shape index (κ3) is 8.16. The SMILES string of the molecule is COC(=O)c1ccnc(-c2cc(-c3ccc(-c4cc(-c5cc(C(=O)OC)ccn5)nc(-c5cc(C(=O)OC)ccn5)c4)cc3)cc(-c3cc(C(=O)OC)ccn3)n2)c1. The van der Waals surface area contributed by atoms with Crippen molar-refractivity contribution in [1.29, 1.82) is 0 Å². The summed E-state index contributed by atoms with van der Waals surface area (Å²) in [5, 5.41) is 0. The molecule has 286 valence electrons. The van der Waals surface area contributed by atoms with E-state index in [2.05, 4.69) is 19.9 Å². The van der Waals surface area contributed by atoms with E-state index in [-0.39, 0.29) is 0 Å². The molecule has 0 aliphatic heterocycles. The summed E-state index contributed by atoms with van der Waals surface area (Å²) < 4.78 is 19.7. The topological polar surface area (TPSA) is 183 Å². The van der Waals surface area contributed by atoms with Gasteiger partial charge in [-0.05, 0) is 95.1 Å². The number of pyridine rings is 6. The molecule has 0 atom stereocenters. The van der Waals surface area contributed by atoms with E-state index >= 15 is 0 Å². The predicted molar refractivity (Wildman–Crippen MR) is 211 cm³/mol. The molecule has 58 heavy (non-hydrogen) atoms. The van der Waals surface area contributed by atoms with Crippen molar-refractivity contribution in [2.75, 3.05) is 28.4 Å². The minimum absolute atomic E-state index is 0.298. The molecule has 14 nitrogen and oxygen atoms in total. The lowest BCUT2D eigenvalue weighted by atomic mass is 9.97. The summed E-state index contributed by atoms with van der Waals surface area (Å²) >= 11 is 0. The Hall–Kier alpha value is -8.00. The van der Waals surface area contributed by atoms with Gasteiger partial charge in [0.05, 0.1) is 96.2 Å². The number of benzene rings is 1. The number of aromatic nitrogens is 6. The van der Waals surface area contributed by atoms with Crippen LogP contribution in [0.2, 0.25) is 0 Å². The molecule has 0 saturated carbocycles. The van der Waals surface area contributed by atoms with Crippen LogP contribution in [0, 0.1) is 0 Å². The van der Waals surface area contributed by atoms with Gasteiger partial charge in [0, 0.05) is 24.8 Å². The first kappa shape index (κ1) is 38.3. The lowest BCUT2D eigenvalue weighted by molar-refractivity contribution is 0.0592. The van der Waals surface area contributed by atoms with Crippen molar-refractivity contribution in [3.05, 3.63) is 144 Å². The van der Waals surface area contributed by atoms with Crippen molar-refractivity contribution in [1.82, 2.24) is 29.9 Å². The zero-order valence-electron chi connectivity index (χ0n) is 31.5. The summed E-state index contributed by atoms with van der Waals surface area (Å²) in [5.74, 6) is -2.09. The Kier molecular flexibility index (Phi) is 11.1. The van der Waals surface area contributed by atoms with Crippen LogP contribution in [0.5, 0.6) is 0 Å². The summed E-state index contributed by atoms with van der Waals surface area (Å²) in [5.41, 5.74) is 7.72. The van der Waals surface area contributed by atoms with Gasteiger partial charge in [-0.1, -0.05) is 24.3 Å². The summed E-state index contributed by atoms with van der Waals surface area (Å²) in [6, 6.07) is 27.7. The lowest BCUT2D eigenvalue weighted by Gasteiger charge is -2.12. The van der Waals surface area contributed by atoms with Crippen molar-refractivity contribution in [2.24, 2.45) is 0 Å². The summed E-state index contributed by atoms with van der Waals surface area (Å²) in [4.78, 5) is 77.2. The maximum absolute atomic E-state index is 12.4. The van der Waals surface area contributed by atoms with Crippen molar-refractivity contribution in [3.63, 3.8) is 0 Å². The van der Waals surface area contributed by atoms with Gasteiger partial charge in [-0.3, -0.25) is 19.9 Å². The van der Waals surface area contributed by atoms with Crippen LogP contribution in [0.1, 0.15) is 41.4 Å². The Morgan fingerprint density at radius 3 is 0.793 bits per heavy atom. The molecule has 0 unspecified atom stereocenters. The Labute approximate surface area is 331 Å². The average Bonchev–Trinajstić information content (AvgIpc) is 3.30. The number of nitrogens with zero attached hydrogens (tertiary/aromatic N) is 6. The quantitative estimate of drug-likeness (QED) is 0.100. The highest BCUT2D eigenvalue weighted by atomic mass is 16.5. The second-order valence-corrected chi connectivity index (χ2v) is 12.5. The standard InChI is InChI=1S/C44H32N6O8/c1-55-41(51)27-9-13-45-33(17-27)37-21-31(22-38(49-37)34-18-28(10-14-46-34)42(52)56-2)25-5-7-26(8-6-25)32-23-39(35-19-29(11-15-47-35)43(53)57-3)50-40(24-32)36-20-30(12-16-48-36)44(54)58-4/h5-24H,1-4H3. The predicted octanol–water partition coefficient (Wildman–Crippen LogP) is 7.21. The second-order valence-electron chi connectivity index (χ2n) is 12.5. The van der Waals surface area contributed by atoms with Gasteiger partial charge in [0.1, 0.15) is 0 Å². The summed E-state index contributed by atoms with van der Waals surface area (Å²) in [7, 11) is 5.20. The van der Waals surface area contributed by atoms with Gasteiger partial charge in [-0.2, -0.15) is 0 Å². The molecule has 0 fully saturated rings. The van der Waals surface area contributed by atoms with E-state index in [1.807, 2.05) is 48.5 Å². The van der Waals surface area contributed by atoms with Crippen LogP contribution in [0.15, 0.2) is 122 Å². The van der Waals surface area contributed by atoms with Crippen LogP contribution in [0.3, 0.4) is 0 Å². The van der Waals surface area contributed by atoms with Crippen molar-refractivity contribution >= 4 is 23.9 Å². The summed E-state index contributed by atoms with van der Waals surface area (Å²) in [6.45, 7) is 0. The van der Waals surface area contributed by atoms with Crippen molar-refractivity contribution in [3.8, 4) is 67.8 Å². The van der Waals surface area contributed by atoms with Gasteiger partial charge < -0.3 is 18.9 Å². The van der Waals surface area contributed by atoms with E-state index in [0.717, 1.165) is 22.3 Å². The number of methoxy groups -OCH3 is 4. The molecule has 7 aromatic rings. The third-order valence-corrected chi connectivity index (χ3v) is 8.98. The van der Waals surface area contributed by atoms with Crippen LogP contribution in [0.4, 0.5) is 0 Å². The van der Waals surface area contributed by atoms with Crippen LogP contribution < -0.4 is 0 Å². The number of esters is 4. The highest BCUT2D eigenvalue weighted by molar-refractivity contribution is 5.93. The number of hydrogen-bond acceptors (Lipinski definition) is 14. The first-order valence-corrected chi connectivity index (χ1v) is 17.5. The molecule has 6 heterocycles. The normalized spacial score (nSPS) is 10.7. The number of hydrogen-bond donors (Lipinski definition) is 0. The Balaban J connectivity index is 1.34. The molecule has 14 heteroatoms. The van der Waals surface area contributed by atoms with Crippen molar-refractivity contribution < 1.29 is 38.1 Å². The second kappa shape index (κ2) is 16.8. The zero-order valence-corrected chi connectivity index (χ0v) is 31.5. The first-order valence-electron chi connectivity index (χ1n) is 17.5. The molecule has 7 rings (SSSR count). The molecule has 0 N–H and O–H groups in total. The van der Waals surface area contributed by atoms with Crippen LogP contribution in [-0.2, 0) is 18.9 Å². The number of rotatable bonds is 10. The summed E-state index contributed by atoms with van der Waals surface area (Å²) in [6.07, 6.45) is 6.00. The van der Waals surface area contributed by atoms with Gasteiger partial charge >= 0.3 is 23.9 Å². The zero-order chi connectivity index (χ0) is 40.8. The number of carbonyl (C=O) groups excluding carboxylic acids is 4. The fourth-order valence-electron chi connectivity index (χ4n) is 6.04. The molecule has 0 aliphatic carbocycles. The maximum atomic E-state index is 12.4. The molecule has 0 spiro atoms. The lowest BCUT2D eigenvalue weighted by Crippen LogP contribution is -2.03. The van der Waals surface area contributed by atoms with Crippen LogP contribution >= 0.6 is 0 Å². The molecule has 0 amide bonds. The minimum atomic E-state index is -0.524. The van der Waals surface area contributed by atoms with Gasteiger partial charge in [0.2, 0.25) is 0 Å². The molecule has 1 aromatic carbocycles. The molecular weight excluding hydrogens is 741 g/mol. The fraction of sp³-hybridized carbons (Fsp3) is 0.0909. The molecular formula is C44H32N6O8. The average molecular weight is 773 g/mol. The maximum Gasteiger partial charge on any atom is 0.337 e. The molecule has 0 aliphatic rings. The van der Waals surface area contributed by atoms with E-state index in [1.54, 1.807) is 48.5 Å². The van der Waals surface area contributed by atoms with Gasteiger partial charge in [0.25, 0.3) is 0 Å². The van der Waals surface area contributed by atoms with E-state index in [4.69, 9.17) is 28.9 Å². The van der Waals surface area contributed by atoms with Gasteiger partial charge in [0.15, 0.2) is 0 Å². The molecule has 0 bridgehead atoms. The highest BCUT2D eigenvalue weighted by Gasteiger charge is 2.18. The number of carbonyl (C=O) groups is 4. The van der Waals surface area contributed by atoms with E-state index < -0.39 is 23.9 Å². The Bertz CT molecular complexity index is 2380. The van der Waals surface area contributed by atoms with Gasteiger partial charge in [-0.25, -0.2) is 29.1 Å². The Morgan fingerprint density at radius 1 is 0.328 bits per heavy atom. The Morgan fingerprint density at radius 2 is 0.569 bits per heavy atom. The molecule has 0 saturated heterocycles. The van der Waals surface area contributed by atoms with Gasteiger partial charge in [-0.15, -0.1) is 0 Å². The monoisotopic (exact) mass is 772 g/mol. The van der Waals surface area contributed by atoms with E-state index in [1.165, 1.54) is 53.2 Å². The third-order valence-electron chi connectivity index (χ3n) is 8.98.